The molecule has 1 N–H and O–H groups in total. The molecule has 3 nitrogen and oxygen atoms in total. The number of para-hydroxylation sites is 1. The van der Waals surface area contributed by atoms with E-state index in [1.807, 2.05) is 24.3 Å². The summed E-state index contributed by atoms with van der Waals surface area (Å²) >= 11 is 0. The summed E-state index contributed by atoms with van der Waals surface area (Å²) < 4.78 is 5.98. The summed E-state index contributed by atoms with van der Waals surface area (Å²) in [7, 11) is 0. The Morgan fingerprint density at radius 2 is 1.79 bits per heavy atom. The van der Waals surface area contributed by atoms with E-state index in [2.05, 4.69) is 20.8 Å². The molecule has 1 aromatic carbocycles. The number of aliphatic carboxylic acids is 1. The molecule has 0 aliphatic heterocycles. The van der Waals surface area contributed by atoms with Gasteiger partial charge in [-0.25, -0.2) is 4.79 Å². The fraction of sp³-hybridized carbons (Fsp3) is 0.562. The highest BCUT2D eigenvalue weighted by Crippen LogP contribution is 2.38. The summed E-state index contributed by atoms with van der Waals surface area (Å²) in [5, 5.41) is 9.49. The Morgan fingerprint density at radius 3 is 2.32 bits per heavy atom. The minimum absolute atomic E-state index is 0.0606. The lowest BCUT2D eigenvalue weighted by molar-refractivity contribution is -0.154. The second-order valence-electron chi connectivity index (χ2n) is 6.35. The average Bonchev–Trinajstić information content (AvgIpc) is 2.78. The van der Waals surface area contributed by atoms with Gasteiger partial charge in [0.2, 0.25) is 5.60 Å². The minimum atomic E-state index is -1.03. The van der Waals surface area contributed by atoms with Crippen molar-refractivity contribution in [3.05, 3.63) is 29.8 Å². The fourth-order valence-corrected chi connectivity index (χ4v) is 2.69. The first kappa shape index (κ1) is 13.9. The van der Waals surface area contributed by atoms with Gasteiger partial charge in [0.25, 0.3) is 0 Å². The van der Waals surface area contributed by atoms with Gasteiger partial charge in [-0.1, -0.05) is 39.0 Å². The lowest BCUT2D eigenvalue weighted by Crippen LogP contribution is -2.42. The normalized spacial score (nSPS) is 18.3. The van der Waals surface area contributed by atoms with Crippen LogP contribution in [0.5, 0.6) is 5.75 Å². The van der Waals surface area contributed by atoms with Crippen molar-refractivity contribution < 1.29 is 14.6 Å². The van der Waals surface area contributed by atoms with Crippen molar-refractivity contribution >= 4 is 5.97 Å². The Bertz CT molecular complexity index is 465. The number of hydrogen-bond acceptors (Lipinski definition) is 2. The SMILES string of the molecule is CC(C)(C)c1ccccc1OC1(C(=O)O)CCCC1. The predicted octanol–water partition coefficient (Wildman–Crippen LogP) is 3.76. The van der Waals surface area contributed by atoms with E-state index in [-0.39, 0.29) is 5.41 Å². The quantitative estimate of drug-likeness (QED) is 0.902. The van der Waals surface area contributed by atoms with Crippen LogP contribution in [0.2, 0.25) is 0 Å². The van der Waals surface area contributed by atoms with Crippen LogP contribution in [-0.2, 0) is 10.2 Å². The summed E-state index contributed by atoms with van der Waals surface area (Å²) in [5.41, 5.74) is -0.0292. The summed E-state index contributed by atoms with van der Waals surface area (Å²) in [5.74, 6) is -0.131. The smallest absolute Gasteiger partial charge is 0.348 e. The number of benzene rings is 1. The second-order valence-corrected chi connectivity index (χ2v) is 6.35. The number of carboxylic acid groups (broad SMARTS) is 1. The fourth-order valence-electron chi connectivity index (χ4n) is 2.69. The van der Waals surface area contributed by atoms with E-state index in [0.29, 0.717) is 18.6 Å². The summed E-state index contributed by atoms with van der Waals surface area (Å²) in [4.78, 5) is 11.6. The third-order valence-electron chi connectivity index (χ3n) is 3.80. The zero-order chi connectivity index (χ0) is 14.1. The second kappa shape index (κ2) is 4.87. The lowest BCUT2D eigenvalue weighted by atomic mass is 9.86. The van der Waals surface area contributed by atoms with Gasteiger partial charge in [-0.3, -0.25) is 0 Å². The van der Waals surface area contributed by atoms with Gasteiger partial charge in [0.15, 0.2) is 0 Å². The Morgan fingerprint density at radius 1 is 1.21 bits per heavy atom. The van der Waals surface area contributed by atoms with Crippen LogP contribution in [-0.4, -0.2) is 16.7 Å². The third-order valence-corrected chi connectivity index (χ3v) is 3.80. The van der Waals surface area contributed by atoms with E-state index in [0.717, 1.165) is 18.4 Å². The number of ether oxygens (including phenoxy) is 1. The highest BCUT2D eigenvalue weighted by molar-refractivity contribution is 5.78. The Labute approximate surface area is 114 Å². The van der Waals surface area contributed by atoms with Gasteiger partial charge in [-0.05, 0) is 42.7 Å². The van der Waals surface area contributed by atoms with E-state index in [9.17, 15) is 9.90 Å². The van der Waals surface area contributed by atoms with Crippen LogP contribution in [0, 0.1) is 0 Å². The summed E-state index contributed by atoms with van der Waals surface area (Å²) in [6.45, 7) is 6.33. The maximum atomic E-state index is 11.6. The Balaban J connectivity index is 2.35. The molecule has 0 atom stereocenters. The summed E-state index contributed by atoms with van der Waals surface area (Å²) in [6.07, 6.45) is 3.04. The standard InChI is InChI=1S/C16H22O3/c1-15(2,3)12-8-4-5-9-13(12)19-16(14(17)18)10-6-7-11-16/h4-5,8-9H,6-7,10-11H2,1-3H3,(H,17,18). The van der Waals surface area contributed by atoms with Crippen LogP contribution in [0.25, 0.3) is 0 Å². The maximum Gasteiger partial charge on any atom is 0.348 e. The van der Waals surface area contributed by atoms with Gasteiger partial charge < -0.3 is 9.84 Å². The van der Waals surface area contributed by atoms with Crippen LogP contribution < -0.4 is 4.74 Å². The zero-order valence-electron chi connectivity index (χ0n) is 11.9. The molecule has 1 aliphatic rings. The first-order valence-corrected chi connectivity index (χ1v) is 6.87. The minimum Gasteiger partial charge on any atom is -0.478 e. The van der Waals surface area contributed by atoms with Gasteiger partial charge in [-0.15, -0.1) is 0 Å². The first-order chi connectivity index (χ1) is 8.85. The van der Waals surface area contributed by atoms with E-state index in [1.165, 1.54) is 0 Å². The van der Waals surface area contributed by atoms with Crippen LogP contribution in [0.4, 0.5) is 0 Å². The van der Waals surface area contributed by atoms with Crippen LogP contribution in [0.1, 0.15) is 52.0 Å². The molecule has 0 radical (unpaired) electrons. The molecule has 1 aromatic rings. The molecule has 0 amide bonds. The highest BCUT2D eigenvalue weighted by atomic mass is 16.5. The van der Waals surface area contributed by atoms with E-state index < -0.39 is 11.6 Å². The van der Waals surface area contributed by atoms with Gasteiger partial charge >= 0.3 is 5.97 Å². The summed E-state index contributed by atoms with van der Waals surface area (Å²) in [6, 6.07) is 7.76. The molecule has 19 heavy (non-hydrogen) atoms. The molecule has 1 aliphatic carbocycles. The molecule has 1 fully saturated rings. The molecular weight excluding hydrogens is 240 g/mol. The number of hydrogen-bond donors (Lipinski definition) is 1. The van der Waals surface area contributed by atoms with Gasteiger partial charge in [0, 0.05) is 0 Å². The topological polar surface area (TPSA) is 46.5 Å². The van der Waals surface area contributed by atoms with Crippen LogP contribution >= 0.6 is 0 Å². The molecular formula is C16H22O3. The first-order valence-electron chi connectivity index (χ1n) is 6.87. The Hall–Kier alpha value is -1.51. The van der Waals surface area contributed by atoms with Crippen LogP contribution in [0.3, 0.4) is 0 Å². The van der Waals surface area contributed by atoms with Crippen LogP contribution in [0.15, 0.2) is 24.3 Å². The molecule has 0 heterocycles. The van der Waals surface area contributed by atoms with Crippen molar-refractivity contribution in [2.24, 2.45) is 0 Å². The number of carboxylic acids is 1. The number of rotatable bonds is 3. The molecule has 0 saturated heterocycles. The molecule has 0 spiro atoms. The van der Waals surface area contributed by atoms with Gasteiger partial charge in [-0.2, -0.15) is 0 Å². The predicted molar refractivity (Wildman–Crippen MR) is 74.6 cm³/mol. The molecule has 1 saturated carbocycles. The van der Waals surface area contributed by atoms with Crippen molar-refractivity contribution in [1.29, 1.82) is 0 Å². The van der Waals surface area contributed by atoms with E-state index in [1.54, 1.807) is 0 Å². The molecule has 0 aromatic heterocycles. The highest BCUT2D eigenvalue weighted by Gasteiger charge is 2.44. The maximum absolute atomic E-state index is 11.6. The van der Waals surface area contributed by atoms with Gasteiger partial charge in [0.05, 0.1) is 0 Å². The van der Waals surface area contributed by atoms with E-state index >= 15 is 0 Å². The average molecular weight is 262 g/mol. The van der Waals surface area contributed by atoms with Crippen molar-refractivity contribution in [3.63, 3.8) is 0 Å². The van der Waals surface area contributed by atoms with E-state index in [4.69, 9.17) is 4.74 Å². The van der Waals surface area contributed by atoms with Crippen molar-refractivity contribution in [2.75, 3.05) is 0 Å². The van der Waals surface area contributed by atoms with Gasteiger partial charge in [0.1, 0.15) is 5.75 Å². The monoisotopic (exact) mass is 262 g/mol. The third kappa shape index (κ3) is 2.75. The molecule has 104 valence electrons. The molecule has 2 rings (SSSR count). The molecule has 0 unspecified atom stereocenters. The van der Waals surface area contributed by atoms with Crippen molar-refractivity contribution in [1.82, 2.24) is 0 Å². The molecule has 3 heteroatoms. The Kier molecular flexibility index (Phi) is 3.57. The number of carbonyl (C=O) groups is 1. The molecule has 0 bridgehead atoms. The largest absolute Gasteiger partial charge is 0.478 e. The lowest BCUT2D eigenvalue weighted by Gasteiger charge is -2.30. The zero-order valence-corrected chi connectivity index (χ0v) is 11.9. The van der Waals surface area contributed by atoms with Crippen molar-refractivity contribution in [2.45, 2.75) is 57.5 Å². The van der Waals surface area contributed by atoms with Crippen molar-refractivity contribution in [3.8, 4) is 5.75 Å².